The van der Waals surface area contributed by atoms with Gasteiger partial charge in [0.25, 0.3) is 5.91 Å². The van der Waals surface area contributed by atoms with Crippen molar-refractivity contribution in [3.8, 4) is 0 Å². The van der Waals surface area contributed by atoms with Crippen molar-refractivity contribution in [2.75, 3.05) is 4.90 Å². The van der Waals surface area contributed by atoms with Crippen LogP contribution < -0.4 is 10.2 Å². The van der Waals surface area contributed by atoms with Gasteiger partial charge in [0.05, 0.1) is 11.4 Å². The summed E-state index contributed by atoms with van der Waals surface area (Å²) in [7, 11) is 0. The van der Waals surface area contributed by atoms with E-state index in [0.29, 0.717) is 17.1 Å². The number of benzodiazepines with no additional fused rings is 1. The van der Waals surface area contributed by atoms with E-state index in [2.05, 4.69) is 11.9 Å². The normalized spacial score (nSPS) is 15.8. The molecule has 0 fully saturated rings. The highest BCUT2D eigenvalue weighted by atomic mass is 35.5. The van der Waals surface area contributed by atoms with Crippen molar-refractivity contribution < 1.29 is 4.79 Å². The minimum absolute atomic E-state index is 0.0283. The zero-order valence-corrected chi connectivity index (χ0v) is 19.0. The highest BCUT2D eigenvalue weighted by Gasteiger charge is 2.33. The van der Waals surface area contributed by atoms with Gasteiger partial charge in [0.15, 0.2) is 6.17 Å². The van der Waals surface area contributed by atoms with Crippen LogP contribution in [0.25, 0.3) is 0 Å². The van der Waals surface area contributed by atoms with Gasteiger partial charge >= 0.3 is 0 Å². The third kappa shape index (κ3) is 4.61. The maximum atomic E-state index is 13.7. The van der Waals surface area contributed by atoms with Crippen molar-refractivity contribution in [1.82, 2.24) is 5.32 Å². The Morgan fingerprint density at radius 3 is 2.50 bits per heavy atom. The molecule has 1 aliphatic heterocycles. The van der Waals surface area contributed by atoms with Crippen LogP contribution >= 0.6 is 11.6 Å². The molecular weight excluding hydrogens is 418 g/mol. The van der Waals surface area contributed by atoms with Gasteiger partial charge in [-0.15, -0.1) is 0 Å². The second kappa shape index (κ2) is 9.41. The van der Waals surface area contributed by atoms with Crippen LogP contribution in [0.4, 0.5) is 5.69 Å². The van der Waals surface area contributed by atoms with Crippen LogP contribution in [0, 0.1) is 0 Å². The van der Waals surface area contributed by atoms with Crippen LogP contribution in [0.5, 0.6) is 0 Å². The van der Waals surface area contributed by atoms with Crippen molar-refractivity contribution in [1.29, 1.82) is 0 Å². The summed E-state index contributed by atoms with van der Waals surface area (Å²) < 4.78 is 0. The summed E-state index contributed by atoms with van der Waals surface area (Å²) >= 11 is 6.12. The molecule has 1 amide bonds. The third-order valence-corrected chi connectivity index (χ3v) is 5.59. The fourth-order valence-corrected chi connectivity index (χ4v) is 4.19. The topological polar surface area (TPSA) is 44.7 Å². The number of halogens is 1. The van der Waals surface area contributed by atoms with E-state index >= 15 is 0 Å². The van der Waals surface area contributed by atoms with Crippen LogP contribution in [0.1, 0.15) is 30.5 Å². The first kappa shape index (κ1) is 21.8. The lowest BCUT2D eigenvalue weighted by atomic mass is 10.00. The highest BCUT2D eigenvalue weighted by molar-refractivity contribution is 6.30. The second-order valence-corrected chi connectivity index (χ2v) is 8.56. The number of hydrogen-bond donors (Lipinski definition) is 1. The summed E-state index contributed by atoms with van der Waals surface area (Å²) in [6.07, 6.45) is -0.235. The molecule has 0 saturated heterocycles. The van der Waals surface area contributed by atoms with Crippen molar-refractivity contribution in [3.05, 3.63) is 113 Å². The van der Waals surface area contributed by atoms with E-state index < -0.39 is 6.17 Å². The summed E-state index contributed by atoms with van der Waals surface area (Å²) in [6, 6.07) is 25.5. The first-order valence-corrected chi connectivity index (χ1v) is 11.1. The predicted molar refractivity (Wildman–Crippen MR) is 132 cm³/mol. The predicted octanol–water partition coefficient (Wildman–Crippen LogP) is 5.60. The molecule has 1 N–H and O–H groups in total. The van der Waals surface area contributed by atoms with Crippen molar-refractivity contribution >= 4 is 28.9 Å². The van der Waals surface area contributed by atoms with Gasteiger partial charge in [0, 0.05) is 34.3 Å². The largest absolute Gasteiger partial charge is 0.360 e. The maximum Gasteiger partial charge on any atom is 0.272 e. The average molecular weight is 444 g/mol. The summed E-state index contributed by atoms with van der Waals surface area (Å²) in [5.74, 6) is -0.106. The number of allylic oxidation sites excluding steroid dienone is 1. The van der Waals surface area contributed by atoms with E-state index in [1.807, 2.05) is 97.6 Å². The standard InChI is InChI=1S/C27H26ClN3O/c1-18(2)31-24-15-8-7-14-23(24)25(21-11-5-4-6-12-21)30-26(27(31)32)29-19(3)16-20-10-9-13-22(28)17-20/h4-15,17-18,26,29H,3,16H2,1-2H3/t26-/m1/s1. The van der Waals surface area contributed by atoms with Crippen LogP contribution in [-0.4, -0.2) is 23.8 Å². The summed E-state index contributed by atoms with van der Waals surface area (Å²) in [5.41, 5.74) is 5.27. The average Bonchev–Trinajstić information content (AvgIpc) is 2.89. The number of nitrogens with one attached hydrogen (secondary N) is 1. The molecule has 0 spiro atoms. The number of para-hydroxylation sites is 1. The van der Waals surface area contributed by atoms with Crippen molar-refractivity contribution in [2.45, 2.75) is 32.5 Å². The quantitative estimate of drug-likeness (QED) is 0.538. The molecule has 3 aromatic rings. The van der Waals surface area contributed by atoms with E-state index in [1.54, 1.807) is 0 Å². The Bertz CT molecular complexity index is 1170. The van der Waals surface area contributed by atoms with E-state index in [4.69, 9.17) is 16.6 Å². The number of benzene rings is 3. The molecule has 1 atom stereocenters. The van der Waals surface area contributed by atoms with Crippen LogP contribution in [-0.2, 0) is 11.2 Å². The van der Waals surface area contributed by atoms with Gasteiger partial charge < -0.3 is 10.2 Å². The number of aliphatic imine (C=N–C) groups is 1. The molecule has 4 rings (SSSR count). The molecule has 0 radical (unpaired) electrons. The lowest BCUT2D eigenvalue weighted by Gasteiger charge is -2.29. The van der Waals surface area contributed by atoms with Crippen molar-refractivity contribution in [2.24, 2.45) is 4.99 Å². The van der Waals surface area contributed by atoms with Crippen LogP contribution in [0.2, 0.25) is 5.02 Å². The molecule has 32 heavy (non-hydrogen) atoms. The van der Waals surface area contributed by atoms with Gasteiger partial charge in [0.2, 0.25) is 0 Å². The monoisotopic (exact) mass is 443 g/mol. The van der Waals surface area contributed by atoms with Gasteiger partial charge in [-0.1, -0.05) is 78.8 Å². The van der Waals surface area contributed by atoms with Crippen LogP contribution in [0.15, 0.2) is 96.1 Å². The molecule has 0 aromatic heterocycles. The number of amides is 1. The van der Waals surface area contributed by atoms with E-state index in [-0.39, 0.29) is 11.9 Å². The molecule has 162 valence electrons. The number of hydrogen-bond acceptors (Lipinski definition) is 3. The van der Waals surface area contributed by atoms with E-state index in [1.165, 1.54) is 0 Å². The van der Waals surface area contributed by atoms with Gasteiger partial charge in [-0.05, 0) is 37.6 Å². The van der Waals surface area contributed by atoms with Gasteiger partial charge in [-0.3, -0.25) is 4.79 Å². The molecule has 0 unspecified atom stereocenters. The molecule has 4 nitrogen and oxygen atoms in total. The SMILES string of the molecule is C=C(Cc1cccc(Cl)c1)N[C@@H]1N=C(c2ccccc2)c2ccccc2N(C(C)C)C1=O. The maximum absolute atomic E-state index is 13.7. The number of nitrogens with zero attached hydrogens (tertiary/aromatic N) is 2. The zero-order valence-electron chi connectivity index (χ0n) is 18.3. The third-order valence-electron chi connectivity index (χ3n) is 5.36. The first-order valence-electron chi connectivity index (χ1n) is 10.7. The lowest BCUT2D eigenvalue weighted by molar-refractivity contribution is -0.120. The molecular formula is C27H26ClN3O. The zero-order chi connectivity index (χ0) is 22.7. The molecule has 3 aromatic carbocycles. The Kier molecular flexibility index (Phi) is 6.42. The minimum Gasteiger partial charge on any atom is -0.360 e. The Morgan fingerprint density at radius 2 is 1.78 bits per heavy atom. The number of rotatable bonds is 6. The molecule has 0 bridgehead atoms. The number of carbonyl (C=O) groups excluding carboxylic acids is 1. The molecule has 0 saturated carbocycles. The summed E-state index contributed by atoms with van der Waals surface area (Å²) in [6.45, 7) is 8.19. The van der Waals surface area contributed by atoms with E-state index in [9.17, 15) is 4.79 Å². The Balaban J connectivity index is 1.74. The first-order chi connectivity index (χ1) is 15.4. The van der Waals surface area contributed by atoms with Crippen molar-refractivity contribution in [3.63, 3.8) is 0 Å². The number of anilines is 1. The Labute approximate surface area is 194 Å². The Hall–Kier alpha value is -3.37. The number of carbonyl (C=O) groups is 1. The van der Waals surface area contributed by atoms with Gasteiger partial charge in [-0.25, -0.2) is 4.99 Å². The summed E-state index contributed by atoms with van der Waals surface area (Å²) in [5, 5.41) is 3.95. The minimum atomic E-state index is -0.785. The smallest absolute Gasteiger partial charge is 0.272 e. The number of fused-ring (bicyclic) bond motifs is 1. The fraction of sp³-hybridized carbons (Fsp3) is 0.185. The molecule has 0 aliphatic carbocycles. The molecule has 1 aliphatic rings. The van der Waals surface area contributed by atoms with Crippen LogP contribution in [0.3, 0.4) is 0 Å². The fourth-order valence-electron chi connectivity index (χ4n) is 3.98. The van der Waals surface area contributed by atoms with E-state index in [0.717, 1.165) is 28.1 Å². The molecule has 5 heteroatoms. The van der Waals surface area contributed by atoms with Gasteiger partial charge in [0.1, 0.15) is 0 Å². The van der Waals surface area contributed by atoms with Gasteiger partial charge in [-0.2, -0.15) is 0 Å². The summed E-state index contributed by atoms with van der Waals surface area (Å²) in [4.78, 5) is 20.4. The Morgan fingerprint density at radius 1 is 1.06 bits per heavy atom. The molecule has 1 heterocycles. The lowest BCUT2D eigenvalue weighted by Crippen LogP contribution is -2.47. The second-order valence-electron chi connectivity index (χ2n) is 8.12. The highest BCUT2D eigenvalue weighted by Crippen LogP contribution is 2.30.